The predicted octanol–water partition coefficient (Wildman–Crippen LogP) is 6.55. The normalized spacial score (nSPS) is 17.6. The van der Waals surface area contributed by atoms with Gasteiger partial charge < -0.3 is 10.6 Å². The maximum Gasteiger partial charge on any atom is 0.355 e. The van der Waals surface area contributed by atoms with Crippen molar-refractivity contribution in [2.24, 2.45) is 11.8 Å². The number of halogens is 5. The van der Waals surface area contributed by atoms with Crippen molar-refractivity contribution in [2.45, 2.75) is 47.0 Å². The number of aromatic nitrogens is 4. The lowest BCUT2D eigenvalue weighted by Gasteiger charge is -2.36. The number of hydrogen-bond donors (Lipinski definition) is 1. The molecule has 3 aromatic heterocycles. The molecule has 1 saturated heterocycles. The summed E-state index contributed by atoms with van der Waals surface area (Å²) in [5.41, 5.74) is 4.38. The van der Waals surface area contributed by atoms with Gasteiger partial charge in [0, 0.05) is 19.3 Å². The third kappa shape index (κ3) is 4.79. The molecule has 0 amide bonds. The summed E-state index contributed by atoms with van der Waals surface area (Å²) >= 11 is 5.83. The molecule has 0 aliphatic carbocycles. The standard InChI is InChI=1S/C29H29ClF4N6O/c1-12(2)24-26(15(5)6-7-36-24)40-28-16(27(38-29(40)41)39-10-13(3)8-14(4)11-39)9-17(31)25(37-28)18-20(32)22(34)21(33)19(30)23(18)35/h6-7,9,12-14H,8,10-11,35H2,1-5H3/t13-,14+. The molecular formula is C29H29ClF4N6O. The van der Waals surface area contributed by atoms with Crippen LogP contribution in [0.15, 0.2) is 23.1 Å². The molecule has 4 heterocycles. The number of nitrogens with zero attached hydrogens (tertiary/aromatic N) is 5. The summed E-state index contributed by atoms with van der Waals surface area (Å²) in [5.74, 6) is -5.80. The predicted molar refractivity (Wildman–Crippen MR) is 152 cm³/mol. The quantitative estimate of drug-likeness (QED) is 0.126. The monoisotopic (exact) mass is 588 g/mol. The number of anilines is 2. The number of hydrogen-bond acceptors (Lipinski definition) is 6. The van der Waals surface area contributed by atoms with Crippen LogP contribution in [0.25, 0.3) is 28.0 Å². The van der Waals surface area contributed by atoms with E-state index >= 15 is 8.78 Å². The fourth-order valence-corrected chi connectivity index (χ4v) is 5.90. The highest BCUT2D eigenvalue weighted by molar-refractivity contribution is 6.34. The molecule has 2 N–H and O–H groups in total. The largest absolute Gasteiger partial charge is 0.397 e. The molecule has 216 valence electrons. The first-order chi connectivity index (χ1) is 19.3. The number of nitrogen functional groups attached to an aromatic ring is 1. The fourth-order valence-electron chi connectivity index (χ4n) is 5.72. The molecule has 0 saturated carbocycles. The summed E-state index contributed by atoms with van der Waals surface area (Å²) in [6.45, 7) is 10.9. The van der Waals surface area contributed by atoms with Crippen molar-refractivity contribution in [3.05, 3.63) is 68.4 Å². The molecular weight excluding hydrogens is 560 g/mol. The van der Waals surface area contributed by atoms with Crippen molar-refractivity contribution in [1.29, 1.82) is 0 Å². The van der Waals surface area contributed by atoms with E-state index in [-0.39, 0.29) is 34.6 Å². The van der Waals surface area contributed by atoms with Crippen LogP contribution in [0.4, 0.5) is 29.1 Å². The summed E-state index contributed by atoms with van der Waals surface area (Å²) in [6, 6.07) is 2.77. The number of rotatable bonds is 4. The Morgan fingerprint density at radius 1 is 1.05 bits per heavy atom. The zero-order valence-electron chi connectivity index (χ0n) is 23.2. The maximum atomic E-state index is 15.9. The molecule has 1 aliphatic heterocycles. The molecule has 12 heteroatoms. The highest BCUT2D eigenvalue weighted by Crippen LogP contribution is 2.40. The van der Waals surface area contributed by atoms with Gasteiger partial charge in [-0.25, -0.2) is 31.9 Å². The molecule has 41 heavy (non-hydrogen) atoms. The van der Waals surface area contributed by atoms with Gasteiger partial charge in [-0.3, -0.25) is 4.98 Å². The molecule has 0 spiro atoms. The molecule has 1 aromatic carbocycles. The first-order valence-corrected chi connectivity index (χ1v) is 13.6. The second kappa shape index (κ2) is 10.6. The van der Waals surface area contributed by atoms with E-state index in [1.807, 2.05) is 18.7 Å². The molecule has 2 atom stereocenters. The Bertz CT molecular complexity index is 1720. The fraction of sp³-hybridized carbons (Fsp3) is 0.379. The van der Waals surface area contributed by atoms with Crippen molar-refractivity contribution < 1.29 is 17.6 Å². The summed E-state index contributed by atoms with van der Waals surface area (Å²) < 4.78 is 60.7. The van der Waals surface area contributed by atoms with Crippen LogP contribution in [0.3, 0.4) is 0 Å². The number of fused-ring (bicyclic) bond motifs is 1. The Kier molecular flexibility index (Phi) is 7.44. The summed E-state index contributed by atoms with van der Waals surface area (Å²) in [5, 5.41) is -0.729. The molecule has 1 aliphatic rings. The van der Waals surface area contributed by atoms with Crippen LogP contribution >= 0.6 is 11.6 Å². The molecule has 1 fully saturated rings. The molecule has 0 radical (unpaired) electrons. The average Bonchev–Trinajstić information content (AvgIpc) is 2.91. The number of benzene rings is 1. The number of piperidine rings is 1. The van der Waals surface area contributed by atoms with Gasteiger partial charge in [-0.05, 0) is 48.8 Å². The first-order valence-electron chi connectivity index (χ1n) is 13.3. The van der Waals surface area contributed by atoms with Gasteiger partial charge >= 0.3 is 5.69 Å². The zero-order valence-corrected chi connectivity index (χ0v) is 24.0. The van der Waals surface area contributed by atoms with Crippen LogP contribution in [0.2, 0.25) is 5.02 Å². The van der Waals surface area contributed by atoms with E-state index in [0.29, 0.717) is 30.0 Å². The topological polar surface area (TPSA) is 89.9 Å². The Balaban J connectivity index is 1.93. The van der Waals surface area contributed by atoms with Crippen molar-refractivity contribution in [3.8, 4) is 16.9 Å². The lowest BCUT2D eigenvalue weighted by atomic mass is 9.92. The van der Waals surface area contributed by atoms with E-state index < -0.39 is 50.9 Å². The van der Waals surface area contributed by atoms with Crippen LogP contribution in [-0.2, 0) is 0 Å². The van der Waals surface area contributed by atoms with Crippen LogP contribution in [0.1, 0.15) is 51.3 Å². The SMILES string of the molecule is Cc1ccnc(C(C)C)c1-n1c(=O)nc(N2C[C@H](C)C[C@H](C)C2)c2cc(F)c(-c3c(N)c(Cl)c(F)c(F)c3F)nc21. The Morgan fingerprint density at radius 3 is 2.34 bits per heavy atom. The van der Waals surface area contributed by atoms with E-state index in [2.05, 4.69) is 28.8 Å². The van der Waals surface area contributed by atoms with Gasteiger partial charge in [0.05, 0.1) is 28.0 Å². The number of aryl methyl sites for hydroxylation is 1. The van der Waals surface area contributed by atoms with E-state index in [9.17, 15) is 13.6 Å². The molecule has 0 unspecified atom stereocenters. The van der Waals surface area contributed by atoms with E-state index in [1.165, 1.54) is 4.57 Å². The van der Waals surface area contributed by atoms with Gasteiger partial charge in [-0.2, -0.15) is 4.98 Å². The Morgan fingerprint density at radius 2 is 1.71 bits per heavy atom. The number of nitrogens with two attached hydrogens (primary N) is 1. The lowest BCUT2D eigenvalue weighted by molar-refractivity contribution is 0.355. The van der Waals surface area contributed by atoms with Gasteiger partial charge in [0.1, 0.15) is 16.5 Å². The van der Waals surface area contributed by atoms with Crippen LogP contribution in [0, 0.1) is 42.0 Å². The van der Waals surface area contributed by atoms with Crippen molar-refractivity contribution in [2.75, 3.05) is 23.7 Å². The van der Waals surface area contributed by atoms with Gasteiger partial charge in [0.25, 0.3) is 0 Å². The minimum Gasteiger partial charge on any atom is -0.397 e. The van der Waals surface area contributed by atoms with Gasteiger partial charge in [0.15, 0.2) is 28.9 Å². The van der Waals surface area contributed by atoms with E-state index in [1.54, 1.807) is 19.2 Å². The Hall–Kier alpha value is -3.73. The summed E-state index contributed by atoms with van der Waals surface area (Å²) in [6.07, 6.45) is 2.59. The average molecular weight is 589 g/mol. The van der Waals surface area contributed by atoms with E-state index in [4.69, 9.17) is 17.3 Å². The third-order valence-electron chi connectivity index (χ3n) is 7.43. The highest BCUT2D eigenvalue weighted by Gasteiger charge is 2.31. The van der Waals surface area contributed by atoms with Crippen molar-refractivity contribution in [1.82, 2.24) is 19.5 Å². The van der Waals surface area contributed by atoms with Crippen molar-refractivity contribution in [3.63, 3.8) is 0 Å². The second-order valence-electron chi connectivity index (χ2n) is 11.2. The van der Waals surface area contributed by atoms with Crippen LogP contribution in [-0.4, -0.2) is 32.6 Å². The van der Waals surface area contributed by atoms with Crippen molar-refractivity contribution >= 4 is 34.1 Å². The summed E-state index contributed by atoms with van der Waals surface area (Å²) in [7, 11) is 0. The first kappa shape index (κ1) is 28.8. The zero-order chi connectivity index (χ0) is 29.9. The Labute approximate surface area is 239 Å². The highest BCUT2D eigenvalue weighted by atomic mass is 35.5. The second-order valence-corrected chi connectivity index (χ2v) is 11.5. The molecule has 5 rings (SSSR count). The number of pyridine rings is 2. The van der Waals surface area contributed by atoms with Gasteiger partial charge in [-0.1, -0.05) is 39.3 Å². The minimum absolute atomic E-state index is 0.0695. The van der Waals surface area contributed by atoms with Gasteiger partial charge in [0.2, 0.25) is 0 Å². The van der Waals surface area contributed by atoms with Crippen LogP contribution < -0.4 is 16.3 Å². The van der Waals surface area contributed by atoms with Gasteiger partial charge in [-0.15, -0.1) is 0 Å². The smallest absolute Gasteiger partial charge is 0.355 e. The minimum atomic E-state index is -1.92. The summed E-state index contributed by atoms with van der Waals surface area (Å²) in [4.78, 5) is 29.0. The molecule has 4 aromatic rings. The third-order valence-corrected chi connectivity index (χ3v) is 7.80. The molecule has 7 nitrogen and oxygen atoms in total. The lowest BCUT2D eigenvalue weighted by Crippen LogP contribution is -2.40. The molecule has 0 bridgehead atoms. The maximum absolute atomic E-state index is 15.9. The van der Waals surface area contributed by atoms with E-state index in [0.717, 1.165) is 12.5 Å². The van der Waals surface area contributed by atoms with Crippen LogP contribution in [0.5, 0.6) is 0 Å².